The van der Waals surface area contributed by atoms with Crippen molar-refractivity contribution < 1.29 is 0 Å². The molecule has 0 aromatic carbocycles. The van der Waals surface area contributed by atoms with Crippen LogP contribution in [0.2, 0.25) is 0 Å². The van der Waals surface area contributed by atoms with E-state index in [1.165, 1.54) is 39.0 Å². The van der Waals surface area contributed by atoms with Gasteiger partial charge >= 0.3 is 0 Å². The molecule has 0 aliphatic heterocycles. The number of hydrogen-bond acceptors (Lipinski definition) is 6. The summed E-state index contributed by atoms with van der Waals surface area (Å²) in [5, 5.41) is 4.21. The van der Waals surface area contributed by atoms with Gasteiger partial charge in [-0.3, -0.25) is 0 Å². The molecule has 148 valence electrons. The number of rotatable bonds is 7. The smallest absolute Gasteiger partial charge is 0.0449 e. The lowest BCUT2D eigenvalue weighted by molar-refractivity contribution is 1.89. The number of thioether (sulfide) groups is 1. The molecule has 0 aliphatic rings. The zero-order valence-corrected chi connectivity index (χ0v) is 20.7. The topological polar surface area (TPSA) is 0 Å². The van der Waals surface area contributed by atoms with Crippen LogP contribution in [0.25, 0.3) is 39.1 Å². The molecule has 0 fully saturated rings. The Labute approximate surface area is 200 Å². The predicted molar refractivity (Wildman–Crippen MR) is 144 cm³/mol. The minimum Gasteiger partial charge on any atom is -0.143 e. The summed E-state index contributed by atoms with van der Waals surface area (Å²) in [7, 11) is 0. The Bertz CT molecular complexity index is 1290. The molecule has 30 heavy (non-hydrogen) atoms. The Morgan fingerprint density at radius 1 is 0.533 bits per heavy atom. The molecule has 6 heteroatoms. The lowest BCUT2D eigenvalue weighted by atomic mass is 10.3. The van der Waals surface area contributed by atoms with Gasteiger partial charge in [0.25, 0.3) is 0 Å². The van der Waals surface area contributed by atoms with Gasteiger partial charge in [-0.25, -0.2) is 0 Å². The normalized spacial score (nSPS) is 11.1. The Morgan fingerprint density at radius 3 is 1.67 bits per heavy atom. The third-order valence-electron chi connectivity index (χ3n) is 4.38. The number of thiophene rings is 5. The molecule has 0 bridgehead atoms. The van der Waals surface area contributed by atoms with Gasteiger partial charge in [0.15, 0.2) is 0 Å². The van der Waals surface area contributed by atoms with Crippen molar-refractivity contribution in [2.75, 3.05) is 0 Å². The third kappa shape index (κ3) is 4.21. The van der Waals surface area contributed by atoms with Crippen LogP contribution in [0.3, 0.4) is 0 Å². The summed E-state index contributed by atoms with van der Waals surface area (Å²) in [4.78, 5) is 12.5. The quantitative estimate of drug-likeness (QED) is 0.216. The van der Waals surface area contributed by atoms with E-state index < -0.39 is 0 Å². The predicted octanol–water partition coefficient (Wildman–Crippen LogP) is 10.4. The molecule has 5 aromatic rings. The average molecular weight is 497 g/mol. The van der Waals surface area contributed by atoms with Crippen LogP contribution in [0.1, 0.15) is 9.75 Å². The van der Waals surface area contributed by atoms with Crippen molar-refractivity contribution in [3.05, 3.63) is 94.3 Å². The Kier molecular flexibility index (Phi) is 5.96. The van der Waals surface area contributed by atoms with Crippen LogP contribution in [-0.4, -0.2) is 0 Å². The fourth-order valence-corrected chi connectivity index (χ4v) is 8.58. The summed E-state index contributed by atoms with van der Waals surface area (Å²) < 4.78 is 0. The third-order valence-corrected chi connectivity index (χ3v) is 11.3. The summed E-state index contributed by atoms with van der Waals surface area (Å²) in [6.45, 7) is 8.49. The molecule has 0 saturated carbocycles. The van der Waals surface area contributed by atoms with Gasteiger partial charge in [-0.15, -0.1) is 56.7 Å². The molecule has 0 N–H and O–H groups in total. The molecule has 5 rings (SSSR count). The molecule has 0 radical (unpaired) electrons. The number of hydrogen-bond donors (Lipinski definition) is 0. The highest BCUT2D eigenvalue weighted by molar-refractivity contribution is 8.16. The molecule has 0 unspecified atom stereocenters. The second-order valence-corrected chi connectivity index (χ2v) is 12.7. The van der Waals surface area contributed by atoms with E-state index in [2.05, 4.69) is 84.6 Å². The monoisotopic (exact) mass is 496 g/mol. The van der Waals surface area contributed by atoms with Crippen LogP contribution < -0.4 is 0 Å². The fraction of sp³-hybridized carbons (Fsp3) is 0. The molecule has 0 aliphatic carbocycles. The summed E-state index contributed by atoms with van der Waals surface area (Å²) in [5.41, 5.74) is 0. The van der Waals surface area contributed by atoms with E-state index in [0.29, 0.717) is 0 Å². The molecule has 0 amide bonds. The molecular weight excluding hydrogens is 481 g/mol. The first-order valence-corrected chi connectivity index (χ1v) is 14.1. The van der Waals surface area contributed by atoms with Gasteiger partial charge in [-0.1, -0.05) is 37.1 Å². The molecule has 0 spiro atoms. The molecule has 0 saturated heterocycles. The molecule has 5 heterocycles. The summed E-state index contributed by atoms with van der Waals surface area (Å²) in [6, 6.07) is 21.8. The lowest BCUT2D eigenvalue weighted by Gasteiger charge is -2.04. The van der Waals surface area contributed by atoms with Crippen molar-refractivity contribution in [1.29, 1.82) is 0 Å². The lowest BCUT2D eigenvalue weighted by Crippen LogP contribution is -1.73. The first kappa shape index (κ1) is 20.2. The van der Waals surface area contributed by atoms with Crippen molar-refractivity contribution in [1.82, 2.24) is 0 Å². The van der Waals surface area contributed by atoms with Crippen LogP contribution in [0, 0.1) is 0 Å². The van der Waals surface area contributed by atoms with Crippen molar-refractivity contribution >= 4 is 78.3 Å². The molecule has 0 nitrogen and oxygen atoms in total. The van der Waals surface area contributed by atoms with Crippen molar-refractivity contribution in [3.8, 4) is 29.3 Å². The largest absolute Gasteiger partial charge is 0.143 e. The van der Waals surface area contributed by atoms with Gasteiger partial charge in [-0.05, 0) is 59.3 Å². The zero-order chi connectivity index (χ0) is 20.5. The minimum atomic E-state index is 1.06. The van der Waals surface area contributed by atoms with Crippen LogP contribution in [0.15, 0.2) is 84.6 Å². The van der Waals surface area contributed by atoms with Crippen molar-refractivity contribution in [2.45, 2.75) is 0 Å². The summed E-state index contributed by atoms with van der Waals surface area (Å²) >= 11 is 10.7. The fourth-order valence-electron chi connectivity index (χ4n) is 2.93. The zero-order valence-electron chi connectivity index (χ0n) is 15.8. The van der Waals surface area contributed by atoms with Gasteiger partial charge in [0.2, 0.25) is 0 Å². The second-order valence-electron chi connectivity index (χ2n) is 6.39. The van der Waals surface area contributed by atoms with Gasteiger partial charge in [0, 0.05) is 48.8 Å². The van der Waals surface area contributed by atoms with Gasteiger partial charge in [-0.2, -0.15) is 0 Å². The van der Waals surface area contributed by atoms with Crippen LogP contribution in [0.5, 0.6) is 0 Å². The SMILES string of the molecule is C=C(SC(=C)c1ccc(-c2ccc(-c3ccc(-c4cccs4)s3)s2)s1)c1cccs1. The molecule has 0 atom stereocenters. The highest BCUT2D eigenvalue weighted by Gasteiger charge is 2.13. The van der Waals surface area contributed by atoms with Crippen LogP contribution >= 0.6 is 68.4 Å². The van der Waals surface area contributed by atoms with E-state index in [-0.39, 0.29) is 0 Å². The average Bonchev–Trinajstić information content (AvgIpc) is 3.56. The van der Waals surface area contributed by atoms with E-state index in [4.69, 9.17) is 0 Å². The highest BCUT2D eigenvalue weighted by atomic mass is 32.2. The minimum absolute atomic E-state index is 1.06. The van der Waals surface area contributed by atoms with Gasteiger partial charge in [0.1, 0.15) is 0 Å². The maximum Gasteiger partial charge on any atom is 0.0449 e. The van der Waals surface area contributed by atoms with Gasteiger partial charge < -0.3 is 0 Å². The van der Waals surface area contributed by atoms with Crippen LogP contribution in [0.4, 0.5) is 0 Å². The summed E-state index contributed by atoms with van der Waals surface area (Å²) in [6.07, 6.45) is 0. The first-order chi connectivity index (χ1) is 14.7. The maximum atomic E-state index is 4.28. The molecular formula is C24H16S6. The maximum absolute atomic E-state index is 4.28. The summed E-state index contributed by atoms with van der Waals surface area (Å²) in [5.74, 6) is 0. The van der Waals surface area contributed by atoms with Crippen molar-refractivity contribution in [3.63, 3.8) is 0 Å². The second kappa shape index (κ2) is 8.83. The highest BCUT2D eigenvalue weighted by Crippen LogP contribution is 2.45. The van der Waals surface area contributed by atoms with E-state index in [1.54, 1.807) is 45.8 Å². The molecule has 5 aromatic heterocycles. The van der Waals surface area contributed by atoms with Crippen LogP contribution in [-0.2, 0) is 0 Å². The Balaban J connectivity index is 1.32. The van der Waals surface area contributed by atoms with Crippen molar-refractivity contribution in [2.24, 2.45) is 0 Å². The Hall–Kier alpha value is -1.67. The van der Waals surface area contributed by atoms with E-state index in [9.17, 15) is 0 Å². The first-order valence-electron chi connectivity index (χ1n) is 9.11. The van der Waals surface area contributed by atoms with E-state index in [1.807, 2.05) is 22.7 Å². The van der Waals surface area contributed by atoms with E-state index in [0.717, 1.165) is 9.81 Å². The standard InChI is InChI=1S/C24H16S6/c1-15(17-5-3-13-25-17)27-16(2)18-7-8-21(28-18)22-11-12-24(30-22)23-10-9-20(29-23)19-6-4-14-26-19/h3-14H,1-2H2. The van der Waals surface area contributed by atoms with E-state index >= 15 is 0 Å². The Morgan fingerprint density at radius 2 is 1.07 bits per heavy atom. The van der Waals surface area contributed by atoms with Gasteiger partial charge in [0.05, 0.1) is 0 Å².